The van der Waals surface area contributed by atoms with Crippen molar-refractivity contribution in [3.63, 3.8) is 0 Å². The van der Waals surface area contributed by atoms with E-state index in [9.17, 15) is 4.79 Å². The lowest BCUT2D eigenvalue weighted by molar-refractivity contribution is -0.119. The lowest BCUT2D eigenvalue weighted by Crippen LogP contribution is -2.29. The third-order valence-electron chi connectivity index (χ3n) is 4.17. The van der Waals surface area contributed by atoms with Gasteiger partial charge in [0, 0.05) is 12.2 Å². The Hall–Kier alpha value is -2.09. The van der Waals surface area contributed by atoms with Crippen LogP contribution in [0.4, 0.5) is 5.69 Å². The van der Waals surface area contributed by atoms with Crippen LogP contribution in [0.1, 0.15) is 29.5 Å². The molecule has 1 amide bonds. The van der Waals surface area contributed by atoms with Gasteiger partial charge in [-0.3, -0.25) is 4.79 Å². The number of benzene rings is 2. The molecule has 0 aliphatic carbocycles. The van der Waals surface area contributed by atoms with E-state index in [1.165, 1.54) is 16.7 Å². The van der Waals surface area contributed by atoms with Gasteiger partial charge in [0.15, 0.2) is 0 Å². The van der Waals surface area contributed by atoms with Crippen molar-refractivity contribution in [1.29, 1.82) is 0 Å². The zero-order valence-corrected chi connectivity index (χ0v) is 12.0. The molecule has 2 aromatic rings. The molecule has 0 saturated heterocycles. The Morgan fingerprint density at radius 3 is 2.50 bits per heavy atom. The lowest BCUT2D eigenvalue weighted by Gasteiger charge is -2.15. The minimum Gasteiger partial charge on any atom is -0.312 e. The highest BCUT2D eigenvalue weighted by molar-refractivity contribution is 6.05. The third-order valence-corrected chi connectivity index (χ3v) is 4.17. The fraction of sp³-hybridized carbons (Fsp3) is 0.278. The summed E-state index contributed by atoms with van der Waals surface area (Å²) < 4.78 is 0. The van der Waals surface area contributed by atoms with Crippen LogP contribution in [0, 0.1) is 6.92 Å². The van der Waals surface area contributed by atoms with Crippen LogP contribution < -0.4 is 4.90 Å². The summed E-state index contributed by atoms with van der Waals surface area (Å²) in [4.78, 5) is 14.5. The molecular weight excluding hydrogens is 246 g/mol. The van der Waals surface area contributed by atoms with Gasteiger partial charge in [0.05, 0.1) is 5.92 Å². The van der Waals surface area contributed by atoms with Gasteiger partial charge in [-0.05, 0) is 43.0 Å². The molecule has 3 rings (SSSR count). The largest absolute Gasteiger partial charge is 0.312 e. The number of hydrogen-bond donors (Lipinski definition) is 0. The van der Waals surface area contributed by atoms with Gasteiger partial charge in [0.25, 0.3) is 0 Å². The average molecular weight is 265 g/mol. The minimum absolute atomic E-state index is 0.0350. The van der Waals surface area contributed by atoms with Gasteiger partial charge >= 0.3 is 0 Å². The summed E-state index contributed by atoms with van der Waals surface area (Å²) in [6, 6.07) is 16.5. The zero-order valence-electron chi connectivity index (χ0n) is 12.0. The van der Waals surface area contributed by atoms with E-state index in [0.717, 1.165) is 18.7 Å². The quantitative estimate of drug-likeness (QED) is 0.829. The van der Waals surface area contributed by atoms with Gasteiger partial charge in [0.1, 0.15) is 0 Å². The first-order chi connectivity index (χ1) is 9.72. The normalized spacial score (nSPS) is 17.4. The van der Waals surface area contributed by atoms with Crippen LogP contribution >= 0.6 is 0 Å². The second kappa shape index (κ2) is 5.12. The molecule has 0 N–H and O–H groups in total. The van der Waals surface area contributed by atoms with E-state index in [-0.39, 0.29) is 11.8 Å². The zero-order chi connectivity index (χ0) is 14.1. The number of nitrogens with zero attached hydrogens (tertiary/aromatic N) is 1. The van der Waals surface area contributed by atoms with E-state index >= 15 is 0 Å². The van der Waals surface area contributed by atoms with Crippen LogP contribution in [0.25, 0.3) is 0 Å². The molecule has 0 bridgehead atoms. The Kier molecular flexibility index (Phi) is 3.31. The van der Waals surface area contributed by atoms with Crippen molar-refractivity contribution in [3.8, 4) is 0 Å². The number of anilines is 1. The predicted octanol–water partition coefficient (Wildman–Crippen LogP) is 3.69. The molecule has 0 spiro atoms. The summed E-state index contributed by atoms with van der Waals surface area (Å²) in [5.74, 6) is 0.198. The van der Waals surface area contributed by atoms with E-state index in [0.29, 0.717) is 0 Å². The molecule has 1 aliphatic rings. The maximum Gasteiger partial charge on any atom is 0.234 e. The molecule has 2 nitrogen and oxygen atoms in total. The summed E-state index contributed by atoms with van der Waals surface area (Å²) in [6.07, 6.45) is 0.791. The van der Waals surface area contributed by atoms with Crippen LogP contribution in [-0.4, -0.2) is 12.5 Å². The molecule has 1 aliphatic heterocycles. The van der Waals surface area contributed by atoms with Crippen LogP contribution in [-0.2, 0) is 11.2 Å². The van der Waals surface area contributed by atoms with Gasteiger partial charge in [0.2, 0.25) is 5.91 Å². The number of hydrogen-bond acceptors (Lipinski definition) is 1. The number of carbonyl (C=O) groups is 1. The fourth-order valence-electron chi connectivity index (χ4n) is 3.05. The number of aryl methyl sites for hydroxylation is 1. The smallest absolute Gasteiger partial charge is 0.234 e. The highest BCUT2D eigenvalue weighted by Gasteiger charge is 2.36. The molecule has 1 atom stereocenters. The Balaban J connectivity index is 1.98. The number of rotatable bonds is 3. The van der Waals surface area contributed by atoms with Crippen molar-refractivity contribution in [2.75, 3.05) is 11.4 Å². The number of para-hydroxylation sites is 1. The Morgan fingerprint density at radius 2 is 1.75 bits per heavy atom. The van der Waals surface area contributed by atoms with Crippen molar-refractivity contribution < 1.29 is 4.79 Å². The van der Waals surface area contributed by atoms with Crippen LogP contribution in [0.15, 0.2) is 48.5 Å². The maximum atomic E-state index is 12.6. The standard InChI is InChI=1S/C18H19NO/c1-3-19-17-11-7-6-10-15(17)16(18(19)20)12-14-9-5-4-8-13(14)2/h4-11,16H,3,12H2,1-2H3/t16-/m1/s1. The van der Waals surface area contributed by atoms with Crippen molar-refractivity contribution in [2.45, 2.75) is 26.2 Å². The maximum absolute atomic E-state index is 12.6. The second-order valence-corrected chi connectivity index (χ2v) is 5.32. The minimum atomic E-state index is -0.0350. The van der Waals surface area contributed by atoms with Gasteiger partial charge < -0.3 is 4.90 Å². The number of amides is 1. The predicted molar refractivity (Wildman–Crippen MR) is 82.1 cm³/mol. The topological polar surface area (TPSA) is 20.3 Å². The highest BCUT2D eigenvalue weighted by atomic mass is 16.2. The van der Waals surface area contributed by atoms with Crippen molar-refractivity contribution in [1.82, 2.24) is 0 Å². The molecule has 0 radical (unpaired) electrons. The monoisotopic (exact) mass is 265 g/mol. The lowest BCUT2D eigenvalue weighted by atomic mass is 9.91. The van der Waals surface area contributed by atoms with Crippen molar-refractivity contribution in [2.24, 2.45) is 0 Å². The molecule has 2 aromatic carbocycles. The van der Waals surface area contributed by atoms with Gasteiger partial charge in [-0.15, -0.1) is 0 Å². The van der Waals surface area contributed by atoms with Gasteiger partial charge in [-0.25, -0.2) is 0 Å². The summed E-state index contributed by atoms with van der Waals surface area (Å²) in [7, 11) is 0. The highest BCUT2D eigenvalue weighted by Crippen LogP contribution is 2.39. The molecule has 0 aromatic heterocycles. The summed E-state index contributed by atoms with van der Waals surface area (Å²) >= 11 is 0. The van der Waals surface area contributed by atoms with E-state index < -0.39 is 0 Å². The van der Waals surface area contributed by atoms with Crippen LogP contribution in [0.5, 0.6) is 0 Å². The number of carbonyl (C=O) groups excluding carboxylic acids is 1. The fourth-order valence-corrected chi connectivity index (χ4v) is 3.05. The molecule has 20 heavy (non-hydrogen) atoms. The Morgan fingerprint density at radius 1 is 1.05 bits per heavy atom. The molecule has 1 heterocycles. The van der Waals surface area contributed by atoms with Crippen molar-refractivity contribution >= 4 is 11.6 Å². The molecule has 0 unspecified atom stereocenters. The first-order valence-electron chi connectivity index (χ1n) is 7.17. The third kappa shape index (κ3) is 2.01. The average Bonchev–Trinajstić information content (AvgIpc) is 2.74. The SMILES string of the molecule is CCN1C(=O)[C@H](Cc2ccccc2C)c2ccccc21. The summed E-state index contributed by atoms with van der Waals surface area (Å²) in [5, 5.41) is 0. The van der Waals surface area contributed by atoms with Gasteiger partial charge in [-0.2, -0.15) is 0 Å². The van der Waals surface area contributed by atoms with Crippen molar-refractivity contribution in [3.05, 3.63) is 65.2 Å². The first-order valence-corrected chi connectivity index (χ1v) is 7.17. The Labute approximate surface area is 120 Å². The van der Waals surface area contributed by atoms with E-state index in [1.54, 1.807) is 0 Å². The van der Waals surface area contributed by atoms with Crippen LogP contribution in [0.3, 0.4) is 0 Å². The summed E-state index contributed by atoms with van der Waals surface area (Å²) in [5.41, 5.74) is 4.77. The second-order valence-electron chi connectivity index (χ2n) is 5.32. The first kappa shape index (κ1) is 12.9. The molecule has 2 heteroatoms. The molecule has 0 saturated carbocycles. The van der Waals surface area contributed by atoms with Crippen LogP contribution in [0.2, 0.25) is 0 Å². The van der Waals surface area contributed by atoms with E-state index in [4.69, 9.17) is 0 Å². The number of fused-ring (bicyclic) bond motifs is 1. The number of likely N-dealkylation sites (N-methyl/N-ethyl adjacent to an activating group) is 1. The molecule has 0 fully saturated rings. The van der Waals surface area contributed by atoms with Gasteiger partial charge in [-0.1, -0.05) is 42.5 Å². The molecule has 102 valence electrons. The summed E-state index contributed by atoms with van der Waals surface area (Å²) in [6.45, 7) is 4.88. The van der Waals surface area contributed by atoms with E-state index in [2.05, 4.69) is 31.2 Å². The Bertz CT molecular complexity index is 647. The van der Waals surface area contributed by atoms with E-state index in [1.807, 2.05) is 36.1 Å². The molecular formula is C18H19NO.